The van der Waals surface area contributed by atoms with E-state index in [1.165, 1.54) is 32.1 Å². The Morgan fingerprint density at radius 3 is 2.94 bits per heavy atom. The highest BCUT2D eigenvalue weighted by atomic mass is 16.7. The molecule has 1 spiro atoms. The van der Waals surface area contributed by atoms with Crippen LogP contribution in [0.3, 0.4) is 0 Å². The molecule has 0 radical (unpaired) electrons. The van der Waals surface area contributed by atoms with Crippen molar-refractivity contribution in [2.24, 2.45) is 5.92 Å². The molecule has 3 aliphatic heterocycles. The van der Waals surface area contributed by atoms with Crippen LogP contribution in [-0.2, 0) is 14.4 Å². The minimum absolute atomic E-state index is 0.0367. The van der Waals surface area contributed by atoms with Crippen molar-refractivity contribution in [1.82, 2.24) is 5.06 Å². The predicted octanol–water partition coefficient (Wildman–Crippen LogP) is 1.64. The first-order valence-electron chi connectivity index (χ1n) is 6.91. The predicted molar refractivity (Wildman–Crippen MR) is 60.0 cm³/mol. The van der Waals surface area contributed by atoms with Crippen molar-refractivity contribution >= 4 is 5.97 Å². The van der Waals surface area contributed by atoms with Gasteiger partial charge in [0.2, 0.25) is 0 Å². The first-order valence-corrected chi connectivity index (χ1v) is 6.91. The number of hydrogen-bond acceptors (Lipinski definition) is 4. The summed E-state index contributed by atoms with van der Waals surface area (Å²) < 4.78 is 5.34. The van der Waals surface area contributed by atoms with Crippen LogP contribution in [0.5, 0.6) is 0 Å². The van der Waals surface area contributed by atoms with Gasteiger partial charge in [-0.05, 0) is 32.1 Å². The quantitative estimate of drug-likeness (QED) is 0.600. The number of hydrogen-bond donors (Lipinski definition) is 0. The molecule has 94 valence electrons. The van der Waals surface area contributed by atoms with Crippen LogP contribution >= 0.6 is 0 Å². The molecule has 1 saturated carbocycles. The highest BCUT2D eigenvalue weighted by molar-refractivity contribution is 5.70. The fourth-order valence-electron chi connectivity index (χ4n) is 4.60. The van der Waals surface area contributed by atoms with E-state index in [0.717, 1.165) is 6.42 Å². The van der Waals surface area contributed by atoms with E-state index >= 15 is 0 Å². The van der Waals surface area contributed by atoms with Crippen LogP contribution in [0, 0.1) is 5.92 Å². The zero-order valence-electron chi connectivity index (χ0n) is 10.1. The van der Waals surface area contributed by atoms with Gasteiger partial charge in [-0.2, -0.15) is 5.06 Å². The number of cyclic esters (lactones) is 1. The molecule has 4 nitrogen and oxygen atoms in total. The van der Waals surface area contributed by atoms with E-state index in [1.54, 1.807) is 0 Å². The summed E-state index contributed by atoms with van der Waals surface area (Å²) in [6.45, 7) is 0.467. The molecule has 4 heteroatoms. The topological polar surface area (TPSA) is 38.8 Å². The second-order valence-electron chi connectivity index (χ2n) is 6.01. The number of carbonyl (C=O) groups excluding carboxylic acids is 1. The first kappa shape index (κ1) is 10.3. The molecule has 3 saturated heterocycles. The Hall–Kier alpha value is -0.610. The molecule has 0 N–H and O–H groups in total. The molecule has 17 heavy (non-hydrogen) atoms. The number of nitrogens with zero attached hydrogens (tertiary/aromatic N) is 1. The molecule has 0 aromatic rings. The number of esters is 1. The molecular formula is C13H19NO3. The molecule has 1 aliphatic carbocycles. The Balaban J connectivity index is 1.75. The molecule has 4 rings (SSSR count). The number of rotatable bonds is 0. The zero-order chi connectivity index (χ0) is 11.5. The van der Waals surface area contributed by atoms with Crippen LogP contribution in [0.4, 0.5) is 0 Å². The fraction of sp³-hybridized carbons (Fsp3) is 0.923. The van der Waals surface area contributed by atoms with Crippen molar-refractivity contribution < 1.29 is 14.4 Å². The van der Waals surface area contributed by atoms with Crippen LogP contribution in [-0.4, -0.2) is 35.3 Å². The minimum atomic E-state index is -0.0367. The van der Waals surface area contributed by atoms with Crippen molar-refractivity contribution in [1.29, 1.82) is 0 Å². The van der Waals surface area contributed by atoms with Gasteiger partial charge in [0.1, 0.15) is 12.7 Å². The van der Waals surface area contributed by atoms with Crippen molar-refractivity contribution in [2.45, 2.75) is 62.6 Å². The second-order valence-corrected chi connectivity index (χ2v) is 6.01. The lowest BCUT2D eigenvalue weighted by Crippen LogP contribution is -2.53. The SMILES string of the molecule is O=C1C[C@H]2CCC[C@@]34CCC[C@@H]3[C@@H](CO1)ON24. The van der Waals surface area contributed by atoms with E-state index in [0.29, 0.717) is 18.9 Å². The largest absolute Gasteiger partial charge is 0.463 e. The molecule has 0 amide bonds. The van der Waals surface area contributed by atoms with E-state index in [1.807, 2.05) is 0 Å². The van der Waals surface area contributed by atoms with E-state index in [2.05, 4.69) is 5.06 Å². The van der Waals surface area contributed by atoms with E-state index in [4.69, 9.17) is 9.57 Å². The maximum atomic E-state index is 11.7. The monoisotopic (exact) mass is 237 g/mol. The van der Waals surface area contributed by atoms with Crippen molar-refractivity contribution in [3.05, 3.63) is 0 Å². The summed E-state index contributed by atoms with van der Waals surface area (Å²) >= 11 is 0. The number of carbonyl (C=O) groups is 1. The summed E-state index contributed by atoms with van der Waals surface area (Å²) in [5, 5.41) is 2.24. The van der Waals surface area contributed by atoms with Gasteiger partial charge in [-0.25, -0.2) is 0 Å². The normalized spacial score (nSPS) is 49.4. The van der Waals surface area contributed by atoms with Crippen molar-refractivity contribution in [3.63, 3.8) is 0 Å². The van der Waals surface area contributed by atoms with E-state index < -0.39 is 0 Å². The summed E-state index contributed by atoms with van der Waals surface area (Å²) in [4.78, 5) is 17.8. The molecule has 0 unspecified atom stereocenters. The summed E-state index contributed by atoms with van der Waals surface area (Å²) in [5.74, 6) is 0.557. The third-order valence-corrected chi connectivity index (χ3v) is 5.24. The Kier molecular flexibility index (Phi) is 2.10. The Morgan fingerprint density at radius 2 is 2.06 bits per heavy atom. The van der Waals surface area contributed by atoms with Crippen LogP contribution < -0.4 is 0 Å². The van der Waals surface area contributed by atoms with Crippen LogP contribution in [0.25, 0.3) is 0 Å². The summed E-state index contributed by atoms with van der Waals surface area (Å²) in [7, 11) is 0. The molecular weight excluding hydrogens is 218 g/mol. The molecule has 4 aliphatic rings. The van der Waals surface area contributed by atoms with E-state index in [-0.39, 0.29) is 23.7 Å². The van der Waals surface area contributed by atoms with Gasteiger partial charge >= 0.3 is 5.97 Å². The third-order valence-electron chi connectivity index (χ3n) is 5.24. The average Bonchev–Trinajstić information content (AvgIpc) is 2.80. The van der Waals surface area contributed by atoms with Crippen LogP contribution in [0.1, 0.15) is 44.9 Å². The lowest BCUT2D eigenvalue weighted by molar-refractivity contribution is -0.245. The maximum absolute atomic E-state index is 11.7. The highest BCUT2D eigenvalue weighted by Crippen LogP contribution is 2.55. The summed E-state index contributed by atoms with van der Waals surface area (Å²) in [5.41, 5.74) is 0.252. The number of piperidine rings is 1. The molecule has 4 atom stereocenters. The second kappa shape index (κ2) is 3.45. The number of ether oxygens (including phenoxy) is 1. The Morgan fingerprint density at radius 1 is 1.24 bits per heavy atom. The van der Waals surface area contributed by atoms with Crippen molar-refractivity contribution in [3.8, 4) is 0 Å². The Labute approximate surface area is 101 Å². The van der Waals surface area contributed by atoms with Gasteiger partial charge < -0.3 is 4.74 Å². The third kappa shape index (κ3) is 1.28. The van der Waals surface area contributed by atoms with Crippen LogP contribution in [0.2, 0.25) is 0 Å². The van der Waals surface area contributed by atoms with Gasteiger partial charge in [-0.1, -0.05) is 6.42 Å². The Bertz CT molecular complexity index is 359. The molecule has 4 fully saturated rings. The summed E-state index contributed by atoms with van der Waals surface area (Å²) in [6, 6.07) is 0.266. The number of hydroxylamine groups is 2. The molecule has 0 aromatic heterocycles. The average molecular weight is 237 g/mol. The van der Waals surface area contributed by atoms with E-state index in [9.17, 15) is 4.79 Å². The minimum Gasteiger partial charge on any atom is -0.463 e. The van der Waals surface area contributed by atoms with Crippen LogP contribution in [0.15, 0.2) is 0 Å². The lowest BCUT2D eigenvalue weighted by atomic mass is 9.76. The van der Waals surface area contributed by atoms with Gasteiger partial charge in [-0.15, -0.1) is 0 Å². The molecule has 0 aromatic carbocycles. The highest BCUT2D eigenvalue weighted by Gasteiger charge is 2.61. The number of fused-ring (bicyclic) bond motifs is 2. The zero-order valence-corrected chi connectivity index (χ0v) is 10.1. The maximum Gasteiger partial charge on any atom is 0.307 e. The first-order chi connectivity index (χ1) is 8.29. The van der Waals surface area contributed by atoms with Gasteiger partial charge in [-0.3, -0.25) is 9.63 Å². The fourth-order valence-corrected chi connectivity index (χ4v) is 4.60. The van der Waals surface area contributed by atoms with Gasteiger partial charge in [0, 0.05) is 12.0 Å². The van der Waals surface area contributed by atoms with Crippen molar-refractivity contribution in [2.75, 3.05) is 6.61 Å². The van der Waals surface area contributed by atoms with Gasteiger partial charge in [0.15, 0.2) is 0 Å². The van der Waals surface area contributed by atoms with Gasteiger partial charge in [0.05, 0.1) is 12.0 Å². The molecule has 3 heterocycles. The lowest BCUT2D eigenvalue weighted by Gasteiger charge is -2.44. The smallest absolute Gasteiger partial charge is 0.307 e. The standard InChI is InChI=1S/C13H19NO3/c15-12-7-9-3-1-5-13-6-2-4-10(13)11(8-16-12)17-14(9)13/h9-11H,1-8H2/t9-,10-,11-,13-/m1/s1. The summed E-state index contributed by atoms with van der Waals surface area (Å²) in [6.07, 6.45) is 8.01. The van der Waals surface area contributed by atoms with Gasteiger partial charge in [0.25, 0.3) is 0 Å². The molecule has 2 bridgehead atoms.